The van der Waals surface area contributed by atoms with Gasteiger partial charge in [0.1, 0.15) is 5.58 Å². The molecule has 7 heteroatoms. The van der Waals surface area contributed by atoms with Crippen LogP contribution in [0.5, 0.6) is 0 Å². The summed E-state index contributed by atoms with van der Waals surface area (Å²) >= 11 is 6.19. The van der Waals surface area contributed by atoms with E-state index in [2.05, 4.69) is 10.1 Å². The molecule has 0 amide bonds. The van der Waals surface area contributed by atoms with Gasteiger partial charge < -0.3 is 14.0 Å². The first-order chi connectivity index (χ1) is 12.9. The maximum Gasteiger partial charge on any atom is 0.335 e. The highest BCUT2D eigenvalue weighted by Gasteiger charge is 2.22. The summed E-state index contributed by atoms with van der Waals surface area (Å²) in [4.78, 5) is 15.4. The van der Waals surface area contributed by atoms with Crippen LogP contribution in [0.25, 0.3) is 34.0 Å². The number of carboxylic acids is 1. The highest BCUT2D eigenvalue weighted by Crippen LogP contribution is 2.36. The Bertz CT molecular complexity index is 1210. The molecule has 1 N–H and O–H groups in total. The average molecular weight is 383 g/mol. The van der Waals surface area contributed by atoms with Gasteiger partial charge in [0, 0.05) is 16.5 Å². The first-order valence-electron chi connectivity index (χ1n) is 8.23. The van der Waals surface area contributed by atoms with Gasteiger partial charge in [-0.3, -0.25) is 0 Å². The summed E-state index contributed by atoms with van der Waals surface area (Å²) < 4.78 is 11.4. The minimum Gasteiger partial charge on any atom is -0.478 e. The molecule has 0 saturated carbocycles. The van der Waals surface area contributed by atoms with Crippen LogP contribution in [-0.2, 0) is 0 Å². The van der Waals surface area contributed by atoms with Crippen molar-refractivity contribution < 1.29 is 18.8 Å². The zero-order chi connectivity index (χ0) is 19.3. The Hall–Kier alpha value is -3.12. The number of nitrogens with zero attached hydrogens (tertiary/aromatic N) is 2. The van der Waals surface area contributed by atoms with Crippen molar-refractivity contribution in [2.24, 2.45) is 0 Å². The molecule has 136 valence electrons. The number of aryl methyl sites for hydroxylation is 3. The quantitative estimate of drug-likeness (QED) is 0.508. The van der Waals surface area contributed by atoms with E-state index >= 15 is 0 Å². The van der Waals surface area contributed by atoms with Gasteiger partial charge in [-0.05, 0) is 50.1 Å². The van der Waals surface area contributed by atoms with Gasteiger partial charge in [0.25, 0.3) is 5.89 Å². The van der Waals surface area contributed by atoms with Crippen molar-refractivity contribution in [3.63, 3.8) is 0 Å². The lowest BCUT2D eigenvalue weighted by molar-refractivity contribution is 0.0697. The van der Waals surface area contributed by atoms with E-state index in [0.717, 1.165) is 27.7 Å². The summed E-state index contributed by atoms with van der Waals surface area (Å²) in [5.41, 5.74) is 4.43. The Morgan fingerprint density at radius 2 is 1.85 bits per heavy atom. The molecule has 0 spiro atoms. The van der Waals surface area contributed by atoms with Gasteiger partial charge in [-0.15, -0.1) is 0 Å². The van der Waals surface area contributed by atoms with Crippen molar-refractivity contribution >= 4 is 28.5 Å². The fourth-order valence-corrected chi connectivity index (χ4v) is 3.40. The van der Waals surface area contributed by atoms with Crippen molar-refractivity contribution in [2.45, 2.75) is 20.8 Å². The van der Waals surface area contributed by atoms with Crippen LogP contribution in [0.4, 0.5) is 0 Å². The topological polar surface area (TPSA) is 89.4 Å². The summed E-state index contributed by atoms with van der Waals surface area (Å²) in [5, 5.41) is 14.3. The van der Waals surface area contributed by atoms with Gasteiger partial charge >= 0.3 is 5.97 Å². The lowest BCUT2D eigenvalue weighted by Crippen LogP contribution is -1.96. The maximum atomic E-state index is 11.0. The minimum atomic E-state index is -1.05. The number of benzene rings is 2. The summed E-state index contributed by atoms with van der Waals surface area (Å²) in [7, 11) is 0. The molecule has 4 rings (SSSR count). The molecule has 0 atom stereocenters. The maximum absolute atomic E-state index is 11.0. The zero-order valence-electron chi connectivity index (χ0n) is 14.8. The number of fused-ring (bicyclic) bond motifs is 1. The molecule has 0 unspecified atom stereocenters. The minimum absolute atomic E-state index is 0.0894. The van der Waals surface area contributed by atoms with Gasteiger partial charge in [0.15, 0.2) is 5.76 Å². The Morgan fingerprint density at radius 3 is 2.52 bits per heavy atom. The Labute approximate surface area is 159 Å². The van der Waals surface area contributed by atoms with E-state index in [0.29, 0.717) is 11.3 Å². The van der Waals surface area contributed by atoms with Crippen molar-refractivity contribution in [3.8, 4) is 23.0 Å². The molecule has 2 aromatic heterocycles. The fraction of sp³-hybridized carbons (Fsp3) is 0.150. The zero-order valence-corrected chi connectivity index (χ0v) is 15.6. The molecule has 0 fully saturated rings. The smallest absolute Gasteiger partial charge is 0.335 e. The van der Waals surface area contributed by atoms with Crippen LogP contribution in [0.15, 0.2) is 39.3 Å². The fourth-order valence-electron chi connectivity index (χ4n) is 3.13. The molecule has 4 aromatic rings. The van der Waals surface area contributed by atoms with E-state index < -0.39 is 5.97 Å². The van der Waals surface area contributed by atoms with E-state index in [1.807, 2.05) is 32.9 Å². The predicted molar refractivity (Wildman–Crippen MR) is 101 cm³/mol. The third-order valence-corrected chi connectivity index (χ3v) is 4.87. The monoisotopic (exact) mass is 382 g/mol. The second kappa shape index (κ2) is 6.25. The molecule has 2 heterocycles. The Balaban J connectivity index is 1.81. The number of furan rings is 1. The normalized spacial score (nSPS) is 11.3. The molecule has 0 radical (unpaired) electrons. The molecule has 0 aliphatic carbocycles. The lowest BCUT2D eigenvalue weighted by atomic mass is 10.0. The van der Waals surface area contributed by atoms with Crippen molar-refractivity contribution in [1.29, 1.82) is 0 Å². The van der Waals surface area contributed by atoms with Crippen LogP contribution in [0, 0.1) is 20.8 Å². The average Bonchev–Trinajstić information content (AvgIpc) is 3.23. The molecular weight excluding hydrogens is 368 g/mol. The molecule has 2 aromatic carbocycles. The van der Waals surface area contributed by atoms with E-state index in [1.165, 1.54) is 12.1 Å². The molecule has 0 bridgehead atoms. The third-order valence-electron chi connectivity index (χ3n) is 4.56. The van der Waals surface area contributed by atoms with Crippen molar-refractivity contribution in [1.82, 2.24) is 10.1 Å². The largest absolute Gasteiger partial charge is 0.478 e. The molecule has 0 saturated heterocycles. The number of carboxylic acid groups (broad SMARTS) is 1. The number of aromatic carboxylic acids is 1. The van der Waals surface area contributed by atoms with Gasteiger partial charge in [-0.25, -0.2) is 4.79 Å². The molecule has 6 nitrogen and oxygen atoms in total. The highest BCUT2D eigenvalue weighted by molar-refractivity contribution is 6.33. The van der Waals surface area contributed by atoms with Crippen LogP contribution in [0.2, 0.25) is 5.02 Å². The highest BCUT2D eigenvalue weighted by atomic mass is 35.5. The summed E-state index contributed by atoms with van der Waals surface area (Å²) in [6.07, 6.45) is 0. The number of halogens is 1. The summed E-state index contributed by atoms with van der Waals surface area (Å²) in [5.74, 6) is -0.0311. The number of hydrogen-bond donors (Lipinski definition) is 1. The Kier molecular flexibility index (Phi) is 4.00. The summed E-state index contributed by atoms with van der Waals surface area (Å²) in [6, 6.07) is 8.41. The van der Waals surface area contributed by atoms with Gasteiger partial charge in [0.05, 0.1) is 10.6 Å². The van der Waals surface area contributed by atoms with Crippen LogP contribution in [-0.4, -0.2) is 21.2 Å². The molecular formula is C20H15ClN2O4. The van der Waals surface area contributed by atoms with E-state index in [1.54, 1.807) is 6.07 Å². The van der Waals surface area contributed by atoms with Gasteiger partial charge in [0.2, 0.25) is 5.82 Å². The van der Waals surface area contributed by atoms with Crippen LogP contribution < -0.4 is 0 Å². The molecule has 27 heavy (non-hydrogen) atoms. The van der Waals surface area contributed by atoms with Crippen LogP contribution >= 0.6 is 11.6 Å². The number of carbonyl (C=O) groups is 1. The van der Waals surface area contributed by atoms with Gasteiger partial charge in [-0.2, -0.15) is 4.98 Å². The number of aromatic nitrogens is 2. The second-order valence-corrected chi connectivity index (χ2v) is 6.79. The van der Waals surface area contributed by atoms with E-state index in [9.17, 15) is 4.79 Å². The van der Waals surface area contributed by atoms with Crippen molar-refractivity contribution in [2.75, 3.05) is 0 Å². The number of rotatable bonds is 3. The van der Waals surface area contributed by atoms with E-state index in [4.69, 9.17) is 25.6 Å². The van der Waals surface area contributed by atoms with Crippen LogP contribution in [0.3, 0.4) is 0 Å². The standard InChI is InChI=1S/C20H15ClN2O4/c1-9-4-5-10(2)16-15(9)11(3)17(26-16)19-22-18(23-27-19)13-7-6-12(20(24)25)8-14(13)21/h4-8H,1-3H3,(H,24,25). The van der Waals surface area contributed by atoms with Gasteiger partial charge in [-0.1, -0.05) is 28.9 Å². The number of hydrogen-bond acceptors (Lipinski definition) is 5. The first kappa shape index (κ1) is 17.3. The molecule has 0 aliphatic heterocycles. The molecule has 0 aliphatic rings. The SMILES string of the molecule is Cc1ccc(C)c2c(C)c(-c3nc(-c4ccc(C(=O)O)cc4Cl)no3)oc12. The second-order valence-electron chi connectivity index (χ2n) is 6.38. The van der Waals surface area contributed by atoms with Crippen LogP contribution in [0.1, 0.15) is 27.0 Å². The summed E-state index contributed by atoms with van der Waals surface area (Å²) in [6.45, 7) is 5.96. The predicted octanol–water partition coefficient (Wildman–Crippen LogP) is 5.43. The van der Waals surface area contributed by atoms with Crippen molar-refractivity contribution in [3.05, 3.63) is 57.6 Å². The first-order valence-corrected chi connectivity index (χ1v) is 8.61. The third kappa shape index (κ3) is 2.78. The lowest BCUT2D eigenvalue weighted by Gasteiger charge is -2.00. The van der Waals surface area contributed by atoms with E-state index in [-0.39, 0.29) is 22.3 Å². The Morgan fingerprint density at radius 1 is 1.11 bits per heavy atom.